The number of rotatable bonds is 3. The molecule has 110 valence electrons. The Balaban J connectivity index is 2.20. The third-order valence-corrected chi connectivity index (χ3v) is 3.61. The highest BCUT2D eigenvalue weighted by Gasteiger charge is 2.26. The van der Waals surface area contributed by atoms with Crippen LogP contribution < -0.4 is 15.2 Å². The average Bonchev–Trinajstić information content (AvgIpc) is 2.44. The van der Waals surface area contributed by atoms with E-state index in [0.717, 1.165) is 13.0 Å². The summed E-state index contributed by atoms with van der Waals surface area (Å²) < 4.78 is 10.4. The standard InChI is InChI=1S/C15H22N2O3/c1-10-6-12(16)9-17(8-10)15(18)11-4-5-13(19-2)14(7-11)20-3/h4-5,7,10,12H,6,8-9,16H2,1-3H3. The van der Waals surface area contributed by atoms with Crippen LogP contribution in [-0.2, 0) is 0 Å². The molecule has 0 spiro atoms. The summed E-state index contributed by atoms with van der Waals surface area (Å²) in [4.78, 5) is 14.4. The van der Waals surface area contributed by atoms with E-state index in [1.165, 1.54) is 0 Å². The number of nitrogens with zero attached hydrogens (tertiary/aromatic N) is 1. The lowest BCUT2D eigenvalue weighted by Crippen LogP contribution is -2.48. The van der Waals surface area contributed by atoms with Gasteiger partial charge in [-0.3, -0.25) is 4.79 Å². The second-order valence-electron chi connectivity index (χ2n) is 5.38. The van der Waals surface area contributed by atoms with Gasteiger partial charge in [0.05, 0.1) is 14.2 Å². The van der Waals surface area contributed by atoms with Gasteiger partial charge < -0.3 is 20.1 Å². The molecule has 0 radical (unpaired) electrons. The molecule has 0 aliphatic carbocycles. The second-order valence-corrected chi connectivity index (χ2v) is 5.38. The molecule has 1 aliphatic rings. The Hall–Kier alpha value is -1.75. The van der Waals surface area contributed by atoms with Gasteiger partial charge in [-0.15, -0.1) is 0 Å². The maximum Gasteiger partial charge on any atom is 0.254 e. The molecule has 1 aromatic carbocycles. The Morgan fingerprint density at radius 3 is 2.55 bits per heavy atom. The van der Waals surface area contributed by atoms with Crippen molar-refractivity contribution in [1.29, 1.82) is 0 Å². The van der Waals surface area contributed by atoms with E-state index in [0.29, 0.717) is 29.5 Å². The third-order valence-electron chi connectivity index (χ3n) is 3.61. The molecule has 0 saturated carbocycles. The monoisotopic (exact) mass is 278 g/mol. The predicted octanol–water partition coefficient (Wildman–Crippen LogP) is 1.51. The maximum absolute atomic E-state index is 12.5. The SMILES string of the molecule is COc1ccc(C(=O)N2CC(C)CC(N)C2)cc1OC. The van der Waals surface area contributed by atoms with E-state index in [2.05, 4.69) is 6.92 Å². The summed E-state index contributed by atoms with van der Waals surface area (Å²) in [5.74, 6) is 1.61. The lowest BCUT2D eigenvalue weighted by Gasteiger charge is -2.34. The lowest BCUT2D eigenvalue weighted by atomic mass is 9.96. The van der Waals surface area contributed by atoms with Gasteiger partial charge in [-0.1, -0.05) is 6.92 Å². The Kier molecular flexibility index (Phi) is 4.49. The number of nitrogens with two attached hydrogens (primary N) is 1. The van der Waals surface area contributed by atoms with Crippen LogP contribution in [0.2, 0.25) is 0 Å². The van der Waals surface area contributed by atoms with Crippen molar-refractivity contribution in [2.24, 2.45) is 11.7 Å². The second kappa shape index (κ2) is 6.13. The van der Waals surface area contributed by atoms with Gasteiger partial charge in [-0.05, 0) is 30.5 Å². The first kappa shape index (κ1) is 14.7. The minimum atomic E-state index is -0.00652. The summed E-state index contributed by atoms with van der Waals surface area (Å²) in [6.45, 7) is 3.48. The molecule has 1 amide bonds. The molecular weight excluding hydrogens is 256 g/mol. The number of hydrogen-bond donors (Lipinski definition) is 1. The first-order valence-corrected chi connectivity index (χ1v) is 6.82. The minimum Gasteiger partial charge on any atom is -0.493 e. The van der Waals surface area contributed by atoms with E-state index >= 15 is 0 Å². The molecule has 1 saturated heterocycles. The summed E-state index contributed by atoms with van der Waals surface area (Å²) in [7, 11) is 3.13. The first-order chi connectivity index (χ1) is 9.55. The summed E-state index contributed by atoms with van der Waals surface area (Å²) >= 11 is 0. The molecule has 2 unspecified atom stereocenters. The molecule has 1 aliphatic heterocycles. The Morgan fingerprint density at radius 2 is 1.95 bits per heavy atom. The van der Waals surface area contributed by atoms with Crippen molar-refractivity contribution in [3.8, 4) is 11.5 Å². The summed E-state index contributed by atoms with van der Waals surface area (Å²) in [5, 5.41) is 0. The van der Waals surface area contributed by atoms with E-state index in [4.69, 9.17) is 15.2 Å². The first-order valence-electron chi connectivity index (χ1n) is 6.82. The number of hydrogen-bond acceptors (Lipinski definition) is 4. The average molecular weight is 278 g/mol. The van der Waals surface area contributed by atoms with Crippen molar-refractivity contribution in [2.45, 2.75) is 19.4 Å². The number of benzene rings is 1. The van der Waals surface area contributed by atoms with E-state index in [1.54, 1.807) is 32.4 Å². The third kappa shape index (κ3) is 3.04. The van der Waals surface area contributed by atoms with Crippen molar-refractivity contribution in [3.63, 3.8) is 0 Å². The molecule has 0 aromatic heterocycles. The number of piperidine rings is 1. The largest absolute Gasteiger partial charge is 0.493 e. The molecule has 2 N–H and O–H groups in total. The fourth-order valence-corrected chi connectivity index (χ4v) is 2.72. The number of carbonyl (C=O) groups is 1. The van der Waals surface area contributed by atoms with Crippen molar-refractivity contribution in [3.05, 3.63) is 23.8 Å². The maximum atomic E-state index is 12.5. The van der Waals surface area contributed by atoms with Crippen molar-refractivity contribution < 1.29 is 14.3 Å². The fraction of sp³-hybridized carbons (Fsp3) is 0.533. The van der Waals surface area contributed by atoms with Gasteiger partial charge in [-0.2, -0.15) is 0 Å². The van der Waals surface area contributed by atoms with Crippen LogP contribution in [0.3, 0.4) is 0 Å². The van der Waals surface area contributed by atoms with Gasteiger partial charge in [0.2, 0.25) is 0 Å². The van der Waals surface area contributed by atoms with E-state index in [-0.39, 0.29) is 11.9 Å². The van der Waals surface area contributed by atoms with Crippen molar-refractivity contribution in [1.82, 2.24) is 4.90 Å². The number of likely N-dealkylation sites (tertiary alicyclic amines) is 1. The number of carbonyl (C=O) groups excluding carboxylic acids is 1. The molecular formula is C15H22N2O3. The van der Waals surface area contributed by atoms with Gasteiger partial charge in [0.1, 0.15) is 0 Å². The van der Waals surface area contributed by atoms with E-state index in [9.17, 15) is 4.79 Å². The topological polar surface area (TPSA) is 64.8 Å². The zero-order chi connectivity index (χ0) is 14.7. The van der Waals surface area contributed by atoms with Crippen LogP contribution in [0.15, 0.2) is 18.2 Å². The fourth-order valence-electron chi connectivity index (χ4n) is 2.72. The Labute approximate surface area is 119 Å². The van der Waals surface area contributed by atoms with Crippen LogP contribution in [0.5, 0.6) is 11.5 Å². The molecule has 2 atom stereocenters. The Bertz CT molecular complexity index is 480. The molecule has 5 heteroatoms. The molecule has 5 nitrogen and oxygen atoms in total. The predicted molar refractivity (Wildman–Crippen MR) is 77.2 cm³/mol. The van der Waals surface area contributed by atoms with Crippen LogP contribution in [0, 0.1) is 5.92 Å². The van der Waals surface area contributed by atoms with Gasteiger partial charge in [0.25, 0.3) is 5.91 Å². The normalized spacial score (nSPS) is 22.5. The van der Waals surface area contributed by atoms with Gasteiger partial charge in [0, 0.05) is 24.7 Å². The highest BCUT2D eigenvalue weighted by molar-refractivity contribution is 5.95. The van der Waals surface area contributed by atoms with Gasteiger partial charge in [0.15, 0.2) is 11.5 Å². The van der Waals surface area contributed by atoms with Crippen LogP contribution >= 0.6 is 0 Å². The zero-order valence-electron chi connectivity index (χ0n) is 12.3. The van der Waals surface area contributed by atoms with Gasteiger partial charge in [-0.25, -0.2) is 0 Å². The summed E-state index contributed by atoms with van der Waals surface area (Å²) in [6, 6.07) is 5.28. The van der Waals surface area contributed by atoms with Crippen LogP contribution in [-0.4, -0.2) is 44.2 Å². The van der Waals surface area contributed by atoms with Crippen molar-refractivity contribution >= 4 is 5.91 Å². The molecule has 20 heavy (non-hydrogen) atoms. The molecule has 2 rings (SSSR count). The van der Waals surface area contributed by atoms with Crippen LogP contribution in [0.4, 0.5) is 0 Å². The van der Waals surface area contributed by atoms with Gasteiger partial charge >= 0.3 is 0 Å². The zero-order valence-corrected chi connectivity index (χ0v) is 12.3. The smallest absolute Gasteiger partial charge is 0.254 e. The van der Waals surface area contributed by atoms with E-state index in [1.807, 2.05) is 4.90 Å². The molecule has 1 heterocycles. The summed E-state index contributed by atoms with van der Waals surface area (Å²) in [5.41, 5.74) is 6.60. The highest BCUT2D eigenvalue weighted by Crippen LogP contribution is 2.28. The number of methoxy groups -OCH3 is 2. The quantitative estimate of drug-likeness (QED) is 0.910. The lowest BCUT2D eigenvalue weighted by molar-refractivity contribution is 0.0660. The molecule has 1 fully saturated rings. The molecule has 1 aromatic rings. The summed E-state index contributed by atoms with van der Waals surface area (Å²) in [6.07, 6.45) is 0.968. The number of ether oxygens (including phenoxy) is 2. The number of amides is 1. The minimum absolute atomic E-state index is 0.00652. The Morgan fingerprint density at radius 1 is 1.25 bits per heavy atom. The highest BCUT2D eigenvalue weighted by atomic mass is 16.5. The van der Waals surface area contributed by atoms with Crippen LogP contribution in [0.25, 0.3) is 0 Å². The van der Waals surface area contributed by atoms with Crippen LogP contribution in [0.1, 0.15) is 23.7 Å². The van der Waals surface area contributed by atoms with E-state index < -0.39 is 0 Å². The van der Waals surface area contributed by atoms with Crippen molar-refractivity contribution in [2.75, 3.05) is 27.3 Å². The molecule has 0 bridgehead atoms.